The van der Waals surface area contributed by atoms with E-state index in [1.807, 2.05) is 13.8 Å². The second kappa shape index (κ2) is 4.43. The largest absolute Gasteiger partial charge is 0.299 e. The minimum atomic E-state index is -0.280. The van der Waals surface area contributed by atoms with Gasteiger partial charge in [-0.2, -0.15) is 0 Å². The molecule has 1 fully saturated rings. The van der Waals surface area contributed by atoms with Gasteiger partial charge < -0.3 is 0 Å². The maximum Gasteiger partial charge on any atom is 0.137 e. The van der Waals surface area contributed by atoms with Crippen LogP contribution in [-0.2, 0) is 4.79 Å². The van der Waals surface area contributed by atoms with Crippen LogP contribution in [0.25, 0.3) is 0 Å². The van der Waals surface area contributed by atoms with E-state index >= 15 is 0 Å². The van der Waals surface area contributed by atoms with Crippen LogP contribution in [0.5, 0.6) is 0 Å². The van der Waals surface area contributed by atoms with Crippen molar-refractivity contribution in [1.29, 1.82) is 0 Å². The van der Waals surface area contributed by atoms with Crippen LogP contribution in [0.15, 0.2) is 0 Å². The Morgan fingerprint density at radius 1 is 1.07 bits per heavy atom. The molecule has 1 heterocycles. The third-order valence-electron chi connectivity index (χ3n) is 3.62. The predicted molar refractivity (Wildman–Crippen MR) is 58.8 cm³/mol. The smallest absolute Gasteiger partial charge is 0.137 e. The summed E-state index contributed by atoms with van der Waals surface area (Å²) in [6.07, 6.45) is 3.88. The number of rotatable bonds is 3. The molecule has 1 radical (unpaired) electrons. The van der Waals surface area contributed by atoms with Crippen LogP contribution < -0.4 is 0 Å². The topological polar surface area (TPSA) is 20.3 Å². The standard InChI is InChI=1S/C12H22NO/c1-10(12(3,4)11(2)14)13-8-6-5-7-9-13/h5-9H2,1-4H3. The monoisotopic (exact) mass is 196 g/mol. The van der Waals surface area contributed by atoms with E-state index in [2.05, 4.69) is 11.8 Å². The van der Waals surface area contributed by atoms with Crippen molar-refractivity contribution in [3.8, 4) is 0 Å². The van der Waals surface area contributed by atoms with Crippen molar-refractivity contribution in [2.75, 3.05) is 13.1 Å². The number of Topliss-reactive ketones (excluding diaryl/α,β-unsaturated/α-hetero) is 1. The minimum Gasteiger partial charge on any atom is -0.299 e. The van der Waals surface area contributed by atoms with Gasteiger partial charge in [0.1, 0.15) is 5.78 Å². The van der Waals surface area contributed by atoms with Crippen LogP contribution in [0.1, 0.15) is 47.0 Å². The van der Waals surface area contributed by atoms with Crippen molar-refractivity contribution < 1.29 is 4.79 Å². The SMILES string of the molecule is C[C](N1CCCCC1)C(C)(C)C(C)=O. The summed E-state index contributed by atoms with van der Waals surface area (Å²) < 4.78 is 0. The molecule has 81 valence electrons. The number of carbonyl (C=O) groups is 1. The zero-order chi connectivity index (χ0) is 10.8. The van der Waals surface area contributed by atoms with Gasteiger partial charge in [0, 0.05) is 11.5 Å². The average molecular weight is 196 g/mol. The van der Waals surface area contributed by atoms with Crippen molar-refractivity contribution in [1.82, 2.24) is 4.90 Å². The maximum atomic E-state index is 11.5. The lowest BCUT2D eigenvalue weighted by Gasteiger charge is -2.39. The molecule has 0 amide bonds. The first kappa shape index (κ1) is 11.7. The van der Waals surface area contributed by atoms with Gasteiger partial charge in [-0.15, -0.1) is 0 Å². The molecule has 0 bridgehead atoms. The Labute approximate surface area is 87.7 Å². The summed E-state index contributed by atoms with van der Waals surface area (Å²) in [5.41, 5.74) is -0.280. The summed E-state index contributed by atoms with van der Waals surface area (Å²) in [6, 6.07) is 1.24. The number of nitrogens with zero attached hydrogens (tertiary/aromatic N) is 1. The molecule has 2 nitrogen and oxygen atoms in total. The first-order chi connectivity index (χ1) is 6.46. The highest BCUT2D eigenvalue weighted by atomic mass is 16.1. The molecule has 0 N–H and O–H groups in total. The molecule has 0 unspecified atom stereocenters. The Kier molecular flexibility index (Phi) is 3.71. The number of piperidine rings is 1. The first-order valence-electron chi connectivity index (χ1n) is 5.56. The quantitative estimate of drug-likeness (QED) is 0.691. The summed E-state index contributed by atoms with van der Waals surface area (Å²) in [4.78, 5) is 13.9. The molecule has 0 aromatic rings. The minimum absolute atomic E-state index is 0.264. The van der Waals surface area contributed by atoms with Gasteiger partial charge in [0.25, 0.3) is 0 Å². The lowest BCUT2D eigenvalue weighted by atomic mass is 9.80. The third kappa shape index (κ3) is 2.35. The van der Waals surface area contributed by atoms with E-state index in [0.29, 0.717) is 0 Å². The van der Waals surface area contributed by atoms with Gasteiger partial charge in [-0.1, -0.05) is 20.3 Å². The summed E-state index contributed by atoms with van der Waals surface area (Å²) in [6.45, 7) is 10.1. The van der Waals surface area contributed by atoms with Gasteiger partial charge in [0.05, 0.1) is 0 Å². The number of ketones is 1. The molecule has 1 saturated heterocycles. The Balaban J connectivity index is 2.62. The van der Waals surface area contributed by atoms with Gasteiger partial charge in [0.2, 0.25) is 0 Å². The van der Waals surface area contributed by atoms with Crippen molar-refractivity contribution in [2.45, 2.75) is 47.0 Å². The zero-order valence-corrected chi connectivity index (χ0v) is 9.89. The molecule has 0 aliphatic carbocycles. The van der Waals surface area contributed by atoms with E-state index in [0.717, 1.165) is 13.1 Å². The molecule has 0 aromatic heterocycles. The molecule has 14 heavy (non-hydrogen) atoms. The fourth-order valence-corrected chi connectivity index (χ4v) is 1.88. The van der Waals surface area contributed by atoms with Gasteiger partial charge in [-0.25, -0.2) is 0 Å². The van der Waals surface area contributed by atoms with Crippen LogP contribution in [0.4, 0.5) is 0 Å². The molecule has 0 spiro atoms. The van der Waals surface area contributed by atoms with Crippen LogP contribution in [0.2, 0.25) is 0 Å². The van der Waals surface area contributed by atoms with E-state index in [9.17, 15) is 4.79 Å². The highest BCUT2D eigenvalue weighted by molar-refractivity contribution is 5.83. The lowest BCUT2D eigenvalue weighted by Crippen LogP contribution is -2.42. The predicted octanol–water partition coefficient (Wildman–Crippen LogP) is 2.64. The Bertz CT molecular complexity index is 204. The van der Waals surface area contributed by atoms with E-state index < -0.39 is 0 Å². The highest BCUT2D eigenvalue weighted by Gasteiger charge is 2.35. The number of likely N-dealkylation sites (tertiary alicyclic amines) is 1. The van der Waals surface area contributed by atoms with Crippen molar-refractivity contribution >= 4 is 5.78 Å². The maximum absolute atomic E-state index is 11.5. The van der Waals surface area contributed by atoms with Crippen LogP contribution in [-0.4, -0.2) is 23.8 Å². The molecule has 0 atom stereocenters. The summed E-state index contributed by atoms with van der Waals surface area (Å²) in [5.74, 6) is 0.264. The second-order valence-electron chi connectivity index (χ2n) is 4.81. The Morgan fingerprint density at radius 3 is 2.00 bits per heavy atom. The van der Waals surface area contributed by atoms with Crippen molar-refractivity contribution in [3.05, 3.63) is 6.04 Å². The van der Waals surface area contributed by atoms with Crippen LogP contribution in [0.3, 0.4) is 0 Å². The first-order valence-corrected chi connectivity index (χ1v) is 5.56. The van der Waals surface area contributed by atoms with Gasteiger partial charge in [-0.05, 0) is 39.8 Å². The van der Waals surface area contributed by atoms with E-state index in [-0.39, 0.29) is 11.2 Å². The average Bonchev–Trinajstić information content (AvgIpc) is 2.17. The van der Waals surface area contributed by atoms with Crippen molar-refractivity contribution in [2.24, 2.45) is 5.41 Å². The molecular formula is C12H22NO. The van der Waals surface area contributed by atoms with Crippen LogP contribution >= 0.6 is 0 Å². The fraction of sp³-hybridized carbons (Fsp3) is 0.833. The highest BCUT2D eigenvalue weighted by Crippen LogP contribution is 2.33. The van der Waals surface area contributed by atoms with Gasteiger partial charge >= 0.3 is 0 Å². The van der Waals surface area contributed by atoms with Gasteiger partial charge in [0.15, 0.2) is 0 Å². The molecular weight excluding hydrogens is 174 g/mol. The normalized spacial score (nSPS) is 20.1. The Hall–Kier alpha value is -0.370. The fourth-order valence-electron chi connectivity index (χ4n) is 1.88. The third-order valence-corrected chi connectivity index (χ3v) is 3.62. The summed E-state index contributed by atoms with van der Waals surface area (Å²) in [5, 5.41) is 0. The van der Waals surface area contributed by atoms with E-state index in [1.165, 1.54) is 25.3 Å². The lowest BCUT2D eigenvalue weighted by molar-refractivity contribution is -0.125. The zero-order valence-electron chi connectivity index (χ0n) is 9.89. The number of hydrogen-bond donors (Lipinski definition) is 0. The van der Waals surface area contributed by atoms with Gasteiger partial charge in [-0.3, -0.25) is 9.69 Å². The molecule has 1 aliphatic heterocycles. The number of hydrogen-bond acceptors (Lipinski definition) is 2. The van der Waals surface area contributed by atoms with Crippen molar-refractivity contribution in [3.63, 3.8) is 0 Å². The summed E-state index contributed by atoms with van der Waals surface area (Å²) >= 11 is 0. The molecule has 0 aromatic carbocycles. The van der Waals surface area contributed by atoms with E-state index in [1.54, 1.807) is 6.92 Å². The number of carbonyl (C=O) groups excluding carboxylic acids is 1. The molecule has 1 aliphatic rings. The Morgan fingerprint density at radius 2 is 1.57 bits per heavy atom. The second-order valence-corrected chi connectivity index (χ2v) is 4.81. The van der Waals surface area contributed by atoms with Crippen LogP contribution in [0, 0.1) is 11.5 Å². The molecule has 2 heteroatoms. The van der Waals surface area contributed by atoms with E-state index in [4.69, 9.17) is 0 Å². The molecule has 0 saturated carbocycles. The molecule has 1 rings (SSSR count). The summed E-state index contributed by atoms with van der Waals surface area (Å²) in [7, 11) is 0.